The van der Waals surface area contributed by atoms with Crippen molar-refractivity contribution in [3.63, 3.8) is 0 Å². The fourth-order valence-corrected chi connectivity index (χ4v) is 1.58. The van der Waals surface area contributed by atoms with E-state index in [9.17, 15) is 19.7 Å². The molecule has 0 saturated carbocycles. The minimum absolute atomic E-state index is 0.0393. The lowest BCUT2D eigenvalue weighted by Crippen LogP contribution is -2.36. The first kappa shape index (κ1) is 14.9. The minimum Gasteiger partial charge on any atom is -0.355 e. The van der Waals surface area contributed by atoms with Crippen LogP contribution in [-0.4, -0.2) is 29.8 Å². The average molecular weight is 286 g/mol. The van der Waals surface area contributed by atoms with Gasteiger partial charge in [-0.2, -0.15) is 0 Å². The van der Waals surface area contributed by atoms with Crippen molar-refractivity contribution in [3.05, 3.63) is 38.9 Å². The van der Waals surface area contributed by atoms with Crippen molar-refractivity contribution in [2.75, 3.05) is 13.1 Å². The number of nitro groups is 1. The number of halogens is 1. The molecule has 8 heteroatoms. The number of nitrogens with zero attached hydrogens (tertiary/aromatic N) is 1. The maximum absolute atomic E-state index is 11.7. The summed E-state index contributed by atoms with van der Waals surface area (Å²) in [5.41, 5.74) is -0.123. The van der Waals surface area contributed by atoms with Crippen molar-refractivity contribution in [3.8, 4) is 0 Å². The first-order valence-corrected chi connectivity index (χ1v) is 5.82. The number of carbonyl (C=O) groups excluding carboxylic acids is 2. The molecule has 0 aliphatic heterocycles. The van der Waals surface area contributed by atoms with E-state index >= 15 is 0 Å². The molecule has 0 spiro atoms. The molecule has 0 saturated heterocycles. The van der Waals surface area contributed by atoms with Crippen LogP contribution < -0.4 is 10.6 Å². The normalized spacial score (nSPS) is 9.79. The number of non-ortho nitro benzene ring substituents is 1. The number of amides is 2. The van der Waals surface area contributed by atoms with Gasteiger partial charge in [-0.3, -0.25) is 19.7 Å². The molecular formula is C11H12ClN3O4. The first-order valence-electron chi connectivity index (χ1n) is 5.44. The zero-order valence-corrected chi connectivity index (χ0v) is 10.9. The first-order chi connectivity index (χ1) is 8.95. The van der Waals surface area contributed by atoms with Crippen LogP contribution in [0.2, 0.25) is 5.02 Å². The van der Waals surface area contributed by atoms with Gasteiger partial charge in [0.2, 0.25) is 5.91 Å². The molecule has 0 aromatic heterocycles. The summed E-state index contributed by atoms with van der Waals surface area (Å²) in [5.74, 6) is -0.889. The Labute approximate surface area is 114 Å². The van der Waals surface area contributed by atoms with Gasteiger partial charge < -0.3 is 10.6 Å². The minimum atomic E-state index is -0.609. The van der Waals surface area contributed by atoms with Gasteiger partial charge in [0.25, 0.3) is 11.6 Å². The molecule has 2 N–H and O–H groups in total. The lowest BCUT2D eigenvalue weighted by molar-refractivity contribution is -0.384. The Morgan fingerprint density at radius 3 is 2.58 bits per heavy atom. The third-order valence-electron chi connectivity index (χ3n) is 2.19. The fraction of sp³-hybridized carbons (Fsp3) is 0.273. The van der Waals surface area contributed by atoms with Crippen LogP contribution >= 0.6 is 11.6 Å². The Morgan fingerprint density at radius 1 is 1.37 bits per heavy atom. The molecule has 19 heavy (non-hydrogen) atoms. The van der Waals surface area contributed by atoms with E-state index in [0.717, 1.165) is 6.07 Å². The molecule has 2 amide bonds. The summed E-state index contributed by atoms with van der Waals surface area (Å²) >= 11 is 5.78. The van der Waals surface area contributed by atoms with Crippen molar-refractivity contribution in [1.29, 1.82) is 0 Å². The molecule has 102 valence electrons. The highest BCUT2D eigenvalue weighted by atomic mass is 35.5. The summed E-state index contributed by atoms with van der Waals surface area (Å²) in [7, 11) is 0. The van der Waals surface area contributed by atoms with Crippen LogP contribution in [-0.2, 0) is 4.79 Å². The highest BCUT2D eigenvalue weighted by Gasteiger charge is 2.15. The van der Waals surface area contributed by atoms with Gasteiger partial charge in [-0.15, -0.1) is 0 Å². The van der Waals surface area contributed by atoms with Crippen molar-refractivity contribution in [2.24, 2.45) is 0 Å². The SMILES string of the molecule is CCNC(=O)CNC(=O)c1ccc([N+](=O)[O-])cc1Cl. The maximum Gasteiger partial charge on any atom is 0.270 e. The van der Waals surface area contributed by atoms with Crippen LogP contribution in [0.5, 0.6) is 0 Å². The molecule has 1 aromatic rings. The van der Waals surface area contributed by atoms with Gasteiger partial charge >= 0.3 is 0 Å². The zero-order chi connectivity index (χ0) is 14.4. The Hall–Kier alpha value is -2.15. The number of nitro benzene ring substituents is 1. The topological polar surface area (TPSA) is 101 Å². The van der Waals surface area contributed by atoms with Crippen LogP contribution in [0.3, 0.4) is 0 Å². The van der Waals surface area contributed by atoms with Crippen LogP contribution in [0, 0.1) is 10.1 Å². The highest BCUT2D eigenvalue weighted by molar-refractivity contribution is 6.34. The van der Waals surface area contributed by atoms with E-state index in [-0.39, 0.29) is 28.7 Å². The third kappa shape index (κ3) is 4.22. The molecule has 0 unspecified atom stereocenters. The van der Waals surface area contributed by atoms with Crippen LogP contribution in [0.25, 0.3) is 0 Å². The van der Waals surface area contributed by atoms with Crippen molar-refractivity contribution in [2.45, 2.75) is 6.92 Å². The smallest absolute Gasteiger partial charge is 0.270 e. The number of hydrogen-bond donors (Lipinski definition) is 2. The second-order valence-electron chi connectivity index (χ2n) is 3.56. The lowest BCUT2D eigenvalue weighted by atomic mass is 10.2. The Kier molecular flexibility index (Phi) is 5.25. The number of likely N-dealkylation sites (N-methyl/N-ethyl adjacent to an activating group) is 1. The largest absolute Gasteiger partial charge is 0.355 e. The molecule has 0 heterocycles. The molecule has 0 aliphatic carbocycles. The summed E-state index contributed by atoms with van der Waals surface area (Å²) in [6, 6.07) is 3.50. The highest BCUT2D eigenvalue weighted by Crippen LogP contribution is 2.22. The van der Waals surface area contributed by atoms with Gasteiger partial charge in [-0.05, 0) is 13.0 Å². The molecule has 1 aromatic carbocycles. The summed E-state index contributed by atoms with van der Waals surface area (Å²) in [6.45, 7) is 2.04. The van der Waals surface area contributed by atoms with Gasteiger partial charge in [0.15, 0.2) is 0 Å². The van der Waals surface area contributed by atoms with Gasteiger partial charge in [0, 0.05) is 18.7 Å². The predicted octanol–water partition coefficient (Wildman–Crippen LogP) is 1.11. The number of nitrogens with one attached hydrogen (secondary N) is 2. The second-order valence-corrected chi connectivity index (χ2v) is 3.96. The van der Waals surface area contributed by atoms with E-state index in [2.05, 4.69) is 10.6 Å². The number of hydrogen-bond acceptors (Lipinski definition) is 4. The van der Waals surface area contributed by atoms with E-state index in [0.29, 0.717) is 6.54 Å². The predicted molar refractivity (Wildman–Crippen MR) is 69.1 cm³/mol. The van der Waals surface area contributed by atoms with E-state index in [1.54, 1.807) is 6.92 Å². The number of carbonyl (C=O) groups is 2. The number of benzene rings is 1. The summed E-state index contributed by atoms with van der Waals surface area (Å²) in [5, 5.41) is 15.4. The van der Waals surface area contributed by atoms with E-state index in [1.807, 2.05) is 0 Å². The van der Waals surface area contributed by atoms with Crippen LogP contribution in [0.4, 0.5) is 5.69 Å². The molecule has 0 aliphatic rings. The monoisotopic (exact) mass is 285 g/mol. The van der Waals surface area contributed by atoms with Gasteiger partial charge in [-0.1, -0.05) is 11.6 Å². The molecular weight excluding hydrogens is 274 g/mol. The van der Waals surface area contributed by atoms with Gasteiger partial charge in [0.05, 0.1) is 22.1 Å². The summed E-state index contributed by atoms with van der Waals surface area (Å²) < 4.78 is 0. The molecule has 0 atom stereocenters. The average Bonchev–Trinajstić information content (AvgIpc) is 2.36. The van der Waals surface area contributed by atoms with E-state index in [4.69, 9.17) is 11.6 Å². The van der Waals surface area contributed by atoms with Crippen molar-refractivity contribution < 1.29 is 14.5 Å². The fourth-order valence-electron chi connectivity index (χ4n) is 1.32. The van der Waals surface area contributed by atoms with Crippen LogP contribution in [0.1, 0.15) is 17.3 Å². The maximum atomic E-state index is 11.7. The van der Waals surface area contributed by atoms with E-state index in [1.165, 1.54) is 12.1 Å². The summed E-state index contributed by atoms with van der Waals surface area (Å²) in [4.78, 5) is 32.8. The number of rotatable bonds is 5. The quantitative estimate of drug-likeness (QED) is 0.625. The Bertz CT molecular complexity index is 519. The van der Waals surface area contributed by atoms with Crippen LogP contribution in [0.15, 0.2) is 18.2 Å². The standard InChI is InChI=1S/C11H12ClN3O4/c1-2-13-10(16)6-14-11(17)8-4-3-7(15(18)19)5-9(8)12/h3-5H,2,6H2,1H3,(H,13,16)(H,14,17). The molecule has 1 rings (SSSR count). The molecule has 0 bridgehead atoms. The molecule has 7 nitrogen and oxygen atoms in total. The second kappa shape index (κ2) is 6.69. The summed E-state index contributed by atoms with van der Waals surface area (Å²) in [6.07, 6.45) is 0. The lowest BCUT2D eigenvalue weighted by Gasteiger charge is -2.06. The molecule has 0 radical (unpaired) electrons. The van der Waals surface area contributed by atoms with Crippen molar-refractivity contribution >= 4 is 29.1 Å². The van der Waals surface area contributed by atoms with Crippen molar-refractivity contribution in [1.82, 2.24) is 10.6 Å². The zero-order valence-electron chi connectivity index (χ0n) is 10.1. The van der Waals surface area contributed by atoms with Gasteiger partial charge in [0.1, 0.15) is 0 Å². The Morgan fingerprint density at radius 2 is 2.05 bits per heavy atom. The Balaban J connectivity index is 2.72. The third-order valence-corrected chi connectivity index (χ3v) is 2.50. The van der Waals surface area contributed by atoms with Gasteiger partial charge in [-0.25, -0.2) is 0 Å². The van der Waals surface area contributed by atoms with E-state index < -0.39 is 10.8 Å². The molecule has 0 fully saturated rings.